The Hall–Kier alpha value is -3.33. The van der Waals surface area contributed by atoms with E-state index in [-0.39, 0.29) is 11.6 Å². The van der Waals surface area contributed by atoms with Crippen LogP contribution in [0.1, 0.15) is 5.56 Å². The monoisotopic (exact) mass is 279 g/mol. The Labute approximate surface area is 121 Å². The molecule has 21 heavy (non-hydrogen) atoms. The van der Waals surface area contributed by atoms with Gasteiger partial charge >= 0.3 is 0 Å². The van der Waals surface area contributed by atoms with Crippen LogP contribution in [0.2, 0.25) is 0 Å². The number of phenols is 1. The Morgan fingerprint density at radius 2 is 2.05 bits per heavy atom. The van der Waals surface area contributed by atoms with Crippen molar-refractivity contribution in [3.05, 3.63) is 47.7 Å². The van der Waals surface area contributed by atoms with Crippen LogP contribution < -0.4 is 11.5 Å². The fraction of sp³-hybridized carbons (Fsp3) is 0. The lowest BCUT2D eigenvalue weighted by Gasteiger charge is -2.04. The molecule has 0 saturated carbocycles. The van der Waals surface area contributed by atoms with Crippen molar-refractivity contribution in [2.75, 3.05) is 5.73 Å². The summed E-state index contributed by atoms with van der Waals surface area (Å²) in [6, 6.07) is 8.40. The van der Waals surface area contributed by atoms with Crippen LogP contribution in [0.25, 0.3) is 11.3 Å². The van der Waals surface area contributed by atoms with Gasteiger partial charge < -0.3 is 22.0 Å². The number of nitrogens with one attached hydrogen (secondary N) is 1. The molecule has 0 amide bonds. The first kappa shape index (κ1) is 14.1. The normalized spacial score (nSPS) is 10.6. The first-order valence-corrected chi connectivity index (χ1v) is 6.01. The summed E-state index contributed by atoms with van der Waals surface area (Å²) in [4.78, 5) is 0. The number of anilines is 1. The molecule has 0 saturated heterocycles. The summed E-state index contributed by atoms with van der Waals surface area (Å²) >= 11 is 0. The number of hydrogen-bond acceptors (Lipinski definition) is 6. The Kier molecular flexibility index (Phi) is 4.17. The number of hydrogen-bond donors (Lipinski definition) is 4. The van der Waals surface area contributed by atoms with Crippen molar-refractivity contribution in [2.45, 2.75) is 0 Å². The molecule has 0 unspecified atom stereocenters. The van der Waals surface area contributed by atoms with Crippen LogP contribution in [0.5, 0.6) is 5.75 Å². The molecule has 0 fully saturated rings. The number of aromatic nitrogens is 2. The van der Waals surface area contributed by atoms with E-state index in [1.807, 2.05) is 0 Å². The number of rotatable bonds is 2. The zero-order valence-corrected chi connectivity index (χ0v) is 11.0. The van der Waals surface area contributed by atoms with Gasteiger partial charge in [-0.2, -0.15) is 0 Å². The van der Waals surface area contributed by atoms with Crippen LogP contribution in [0.15, 0.2) is 42.1 Å². The number of allylic oxidation sites excluding steroid dienone is 1. The average Bonchev–Trinajstić information content (AvgIpc) is 2.50. The number of nitrogens with zero attached hydrogens (tertiary/aromatic N) is 2. The summed E-state index contributed by atoms with van der Waals surface area (Å²) in [6.07, 6.45) is 2.27. The molecular formula is C15H13N5O. The highest BCUT2D eigenvalue weighted by Gasteiger charge is 2.08. The second-order valence-corrected chi connectivity index (χ2v) is 4.06. The molecule has 6 N–H and O–H groups in total. The molecule has 1 heterocycles. The SMILES string of the molecule is N=C/C(C#Cc1cc(-c2ccccc2O)nnc1N)=C\N. The summed E-state index contributed by atoms with van der Waals surface area (Å²) in [5.41, 5.74) is 12.8. The highest BCUT2D eigenvalue weighted by Crippen LogP contribution is 2.27. The van der Waals surface area contributed by atoms with E-state index in [1.165, 1.54) is 6.20 Å². The van der Waals surface area contributed by atoms with Crippen LogP contribution in [0, 0.1) is 17.3 Å². The van der Waals surface area contributed by atoms with Gasteiger partial charge in [-0.05, 0) is 18.2 Å². The largest absolute Gasteiger partial charge is 0.507 e. The third kappa shape index (κ3) is 3.16. The first-order chi connectivity index (χ1) is 10.2. The molecule has 0 bridgehead atoms. The smallest absolute Gasteiger partial charge is 0.161 e. The molecule has 0 atom stereocenters. The maximum Gasteiger partial charge on any atom is 0.161 e. The van der Waals surface area contributed by atoms with Crippen molar-refractivity contribution >= 4 is 12.0 Å². The van der Waals surface area contributed by atoms with Crippen LogP contribution in [0.4, 0.5) is 5.82 Å². The topological polar surface area (TPSA) is 122 Å². The number of para-hydroxylation sites is 1. The molecule has 1 aromatic heterocycles. The van der Waals surface area contributed by atoms with Crippen LogP contribution in [0.3, 0.4) is 0 Å². The van der Waals surface area contributed by atoms with Gasteiger partial charge in [0.1, 0.15) is 5.75 Å². The lowest BCUT2D eigenvalue weighted by molar-refractivity contribution is 0.477. The van der Waals surface area contributed by atoms with Crippen molar-refractivity contribution in [1.82, 2.24) is 10.2 Å². The van der Waals surface area contributed by atoms with Gasteiger partial charge in [-0.1, -0.05) is 24.0 Å². The first-order valence-electron chi connectivity index (χ1n) is 6.01. The molecule has 0 radical (unpaired) electrons. The highest BCUT2D eigenvalue weighted by atomic mass is 16.3. The fourth-order valence-corrected chi connectivity index (χ4v) is 1.59. The Balaban J connectivity index is 2.48. The molecule has 1 aromatic carbocycles. The average molecular weight is 279 g/mol. The summed E-state index contributed by atoms with van der Waals surface area (Å²) < 4.78 is 0. The lowest BCUT2D eigenvalue weighted by atomic mass is 10.1. The summed E-state index contributed by atoms with van der Waals surface area (Å²) in [6.45, 7) is 0. The second kappa shape index (κ2) is 6.21. The van der Waals surface area contributed by atoms with E-state index in [2.05, 4.69) is 22.0 Å². The van der Waals surface area contributed by atoms with Gasteiger partial charge in [-0.15, -0.1) is 10.2 Å². The minimum absolute atomic E-state index is 0.0949. The van der Waals surface area contributed by atoms with E-state index in [4.69, 9.17) is 16.9 Å². The van der Waals surface area contributed by atoms with Gasteiger partial charge in [0.05, 0.1) is 16.8 Å². The highest BCUT2D eigenvalue weighted by molar-refractivity contribution is 5.82. The van der Waals surface area contributed by atoms with Crippen molar-refractivity contribution in [1.29, 1.82) is 5.41 Å². The van der Waals surface area contributed by atoms with E-state index in [0.717, 1.165) is 6.21 Å². The lowest BCUT2D eigenvalue weighted by Crippen LogP contribution is -1.99. The maximum atomic E-state index is 9.83. The van der Waals surface area contributed by atoms with E-state index in [1.54, 1.807) is 30.3 Å². The summed E-state index contributed by atoms with van der Waals surface area (Å²) in [5.74, 6) is 5.75. The summed E-state index contributed by atoms with van der Waals surface area (Å²) in [7, 11) is 0. The standard InChI is InChI=1S/C15H13N5O/c16-8-10(9-17)5-6-11-7-13(19-20-15(11)18)12-3-1-2-4-14(12)21/h1-4,7-9,16,21H,17H2,(H2,18,20)/b10-9-,16-8?. The number of benzene rings is 1. The maximum absolute atomic E-state index is 9.83. The number of nitrogen functional groups attached to an aromatic ring is 1. The van der Waals surface area contributed by atoms with Crippen LogP contribution in [-0.4, -0.2) is 21.5 Å². The fourth-order valence-electron chi connectivity index (χ4n) is 1.59. The van der Waals surface area contributed by atoms with Crippen LogP contribution in [-0.2, 0) is 0 Å². The molecule has 0 aliphatic rings. The van der Waals surface area contributed by atoms with Gasteiger partial charge in [0.25, 0.3) is 0 Å². The molecule has 104 valence electrons. The van der Waals surface area contributed by atoms with Crippen LogP contribution >= 0.6 is 0 Å². The third-order valence-electron chi connectivity index (χ3n) is 2.68. The minimum atomic E-state index is 0.0949. The predicted octanol–water partition coefficient (Wildman–Crippen LogP) is 1.28. The molecule has 2 rings (SSSR count). The van der Waals surface area contributed by atoms with Crippen molar-refractivity contribution in [2.24, 2.45) is 5.73 Å². The van der Waals surface area contributed by atoms with Gasteiger partial charge in [0, 0.05) is 18.0 Å². The molecule has 0 aliphatic heterocycles. The van der Waals surface area contributed by atoms with Crippen molar-refractivity contribution < 1.29 is 5.11 Å². The van der Waals surface area contributed by atoms with Gasteiger partial charge in [0.15, 0.2) is 5.82 Å². The second-order valence-electron chi connectivity index (χ2n) is 4.06. The van der Waals surface area contributed by atoms with E-state index >= 15 is 0 Å². The Bertz CT molecular complexity index is 771. The minimum Gasteiger partial charge on any atom is -0.507 e. The zero-order chi connectivity index (χ0) is 15.2. The van der Waals surface area contributed by atoms with Gasteiger partial charge in [-0.25, -0.2) is 0 Å². The molecule has 6 nitrogen and oxygen atoms in total. The molecular weight excluding hydrogens is 266 g/mol. The summed E-state index contributed by atoms with van der Waals surface area (Å²) in [5, 5.41) is 24.7. The van der Waals surface area contributed by atoms with Crippen molar-refractivity contribution in [3.8, 4) is 28.8 Å². The van der Waals surface area contributed by atoms with E-state index in [0.29, 0.717) is 22.4 Å². The Morgan fingerprint density at radius 3 is 2.71 bits per heavy atom. The molecule has 0 spiro atoms. The van der Waals surface area contributed by atoms with E-state index < -0.39 is 0 Å². The third-order valence-corrected chi connectivity index (χ3v) is 2.68. The van der Waals surface area contributed by atoms with E-state index in [9.17, 15) is 5.11 Å². The Morgan fingerprint density at radius 1 is 1.29 bits per heavy atom. The molecule has 2 aromatic rings. The van der Waals surface area contributed by atoms with Gasteiger partial charge in [0.2, 0.25) is 0 Å². The number of aromatic hydroxyl groups is 1. The molecule has 6 heteroatoms. The predicted molar refractivity (Wildman–Crippen MR) is 81.5 cm³/mol. The molecule has 0 aliphatic carbocycles. The zero-order valence-electron chi connectivity index (χ0n) is 11.0. The number of phenolic OH excluding ortho intramolecular Hbond substituents is 1. The van der Waals surface area contributed by atoms with Crippen molar-refractivity contribution in [3.63, 3.8) is 0 Å². The quantitative estimate of drug-likeness (QED) is 0.487. The number of nitrogens with two attached hydrogens (primary N) is 2. The van der Waals surface area contributed by atoms with Gasteiger partial charge in [-0.3, -0.25) is 0 Å².